The predicted octanol–water partition coefficient (Wildman–Crippen LogP) is 5.07. The van der Waals surface area contributed by atoms with Gasteiger partial charge in [-0.2, -0.15) is 0 Å². The summed E-state index contributed by atoms with van der Waals surface area (Å²) in [7, 11) is 0. The second-order valence-electron chi connectivity index (χ2n) is 9.43. The van der Waals surface area contributed by atoms with Gasteiger partial charge in [0, 0.05) is 62.4 Å². The maximum Gasteiger partial charge on any atom is 0.159 e. The molecule has 176 valence electrons. The lowest BCUT2D eigenvalue weighted by Gasteiger charge is -2.41. The quantitative estimate of drug-likeness (QED) is 0.401. The summed E-state index contributed by atoms with van der Waals surface area (Å²) >= 11 is 6.69. The molecule has 0 radical (unpaired) electrons. The zero-order valence-corrected chi connectivity index (χ0v) is 20.7. The standard InChI is InChI=1S/C28H36ClN3O/c1-4-7-21(2)31-17-14-30(15-18-31)16-19-32-13-12-24-20-23(22(3)33)10-11-25(24)28(32)26-8-5-6-9-27(26)29/h4-6,8-11,20-21,28H,1,7,12-19H2,2-3H3. The van der Waals surface area contributed by atoms with Crippen molar-refractivity contribution in [2.45, 2.75) is 38.8 Å². The van der Waals surface area contributed by atoms with E-state index in [4.69, 9.17) is 11.6 Å². The van der Waals surface area contributed by atoms with E-state index in [1.807, 2.05) is 24.3 Å². The molecule has 2 aliphatic heterocycles. The molecule has 4 nitrogen and oxygen atoms in total. The lowest BCUT2D eigenvalue weighted by molar-refractivity contribution is 0.0888. The molecule has 0 N–H and O–H groups in total. The van der Waals surface area contributed by atoms with Crippen LogP contribution in [0.5, 0.6) is 0 Å². The normalized spacial score (nSPS) is 20.9. The van der Waals surface area contributed by atoms with E-state index in [0.717, 1.165) is 74.8 Å². The summed E-state index contributed by atoms with van der Waals surface area (Å²) in [6, 6.07) is 15.1. The number of rotatable bonds is 8. The van der Waals surface area contributed by atoms with E-state index < -0.39 is 0 Å². The van der Waals surface area contributed by atoms with Gasteiger partial charge in [-0.05, 0) is 55.5 Å². The highest BCUT2D eigenvalue weighted by atomic mass is 35.5. The monoisotopic (exact) mass is 465 g/mol. The first-order valence-corrected chi connectivity index (χ1v) is 12.5. The number of benzene rings is 2. The molecule has 0 bridgehead atoms. The highest BCUT2D eigenvalue weighted by molar-refractivity contribution is 6.31. The molecular formula is C28H36ClN3O. The molecule has 1 fully saturated rings. The first kappa shape index (κ1) is 24.2. The highest BCUT2D eigenvalue weighted by Crippen LogP contribution is 2.38. The molecule has 2 aliphatic rings. The number of nitrogens with zero attached hydrogens (tertiary/aromatic N) is 3. The van der Waals surface area contributed by atoms with Gasteiger partial charge in [-0.1, -0.05) is 48.0 Å². The van der Waals surface area contributed by atoms with Gasteiger partial charge in [0.25, 0.3) is 0 Å². The number of hydrogen-bond acceptors (Lipinski definition) is 4. The van der Waals surface area contributed by atoms with E-state index in [0.29, 0.717) is 6.04 Å². The zero-order chi connectivity index (χ0) is 23.4. The predicted molar refractivity (Wildman–Crippen MR) is 137 cm³/mol. The van der Waals surface area contributed by atoms with Gasteiger partial charge in [0.2, 0.25) is 0 Å². The van der Waals surface area contributed by atoms with Gasteiger partial charge in [-0.25, -0.2) is 0 Å². The van der Waals surface area contributed by atoms with E-state index in [9.17, 15) is 4.79 Å². The van der Waals surface area contributed by atoms with E-state index >= 15 is 0 Å². The molecule has 0 saturated carbocycles. The van der Waals surface area contributed by atoms with Gasteiger partial charge >= 0.3 is 0 Å². The molecular weight excluding hydrogens is 430 g/mol. The van der Waals surface area contributed by atoms with E-state index in [1.54, 1.807) is 6.92 Å². The van der Waals surface area contributed by atoms with Crippen LogP contribution in [0.25, 0.3) is 0 Å². The van der Waals surface area contributed by atoms with Crippen LogP contribution >= 0.6 is 11.6 Å². The Labute approximate surface area is 203 Å². The first-order valence-electron chi connectivity index (χ1n) is 12.2. The van der Waals surface area contributed by atoms with Crippen molar-refractivity contribution in [2.24, 2.45) is 0 Å². The summed E-state index contributed by atoms with van der Waals surface area (Å²) in [5.74, 6) is 0.121. The minimum Gasteiger partial charge on any atom is -0.300 e. The number of piperazine rings is 1. The first-order chi connectivity index (χ1) is 16.0. The fourth-order valence-corrected chi connectivity index (χ4v) is 5.53. The van der Waals surface area contributed by atoms with Gasteiger partial charge < -0.3 is 0 Å². The Kier molecular flexibility index (Phi) is 8.02. The number of ketones is 1. The maximum atomic E-state index is 11.9. The van der Waals surface area contributed by atoms with Crippen molar-refractivity contribution >= 4 is 17.4 Å². The second kappa shape index (κ2) is 11.0. The fraction of sp³-hybridized carbons (Fsp3) is 0.464. The summed E-state index contributed by atoms with van der Waals surface area (Å²) in [6.07, 6.45) is 4.04. The minimum atomic E-state index is 0.121. The van der Waals surface area contributed by atoms with Crippen LogP contribution < -0.4 is 0 Å². The number of carbonyl (C=O) groups excluding carboxylic acids is 1. The van der Waals surface area contributed by atoms with Crippen molar-refractivity contribution in [1.82, 2.24) is 14.7 Å². The van der Waals surface area contributed by atoms with Crippen molar-refractivity contribution in [3.05, 3.63) is 82.4 Å². The molecule has 4 rings (SSSR count). The van der Waals surface area contributed by atoms with Crippen molar-refractivity contribution in [1.29, 1.82) is 0 Å². The van der Waals surface area contributed by atoms with E-state index in [-0.39, 0.29) is 11.8 Å². The molecule has 0 aliphatic carbocycles. The van der Waals surface area contributed by atoms with E-state index in [2.05, 4.69) is 52.5 Å². The number of Topliss-reactive ketones (excluding diaryl/α,β-unsaturated/α-hetero) is 1. The van der Waals surface area contributed by atoms with E-state index in [1.165, 1.54) is 11.1 Å². The smallest absolute Gasteiger partial charge is 0.159 e. The van der Waals surface area contributed by atoms with Gasteiger partial charge in [-0.15, -0.1) is 6.58 Å². The molecule has 0 spiro atoms. The van der Waals surface area contributed by atoms with Gasteiger partial charge in [-0.3, -0.25) is 19.5 Å². The Balaban J connectivity index is 1.49. The van der Waals surface area contributed by atoms with Crippen molar-refractivity contribution < 1.29 is 4.79 Å². The molecule has 2 atom stereocenters. The molecule has 2 unspecified atom stereocenters. The van der Waals surface area contributed by atoms with Crippen LogP contribution in [0.2, 0.25) is 5.02 Å². The Morgan fingerprint density at radius 2 is 1.85 bits per heavy atom. The average Bonchev–Trinajstić information content (AvgIpc) is 2.83. The lowest BCUT2D eigenvalue weighted by atomic mass is 9.86. The molecule has 0 aromatic heterocycles. The zero-order valence-electron chi connectivity index (χ0n) is 20.0. The molecule has 5 heteroatoms. The maximum absolute atomic E-state index is 11.9. The van der Waals surface area contributed by atoms with Crippen LogP contribution in [-0.4, -0.2) is 72.3 Å². The molecule has 1 saturated heterocycles. The van der Waals surface area contributed by atoms with Gasteiger partial charge in [0.05, 0.1) is 6.04 Å². The summed E-state index contributed by atoms with van der Waals surface area (Å²) in [4.78, 5) is 19.7. The second-order valence-corrected chi connectivity index (χ2v) is 9.84. The number of halogens is 1. The largest absolute Gasteiger partial charge is 0.300 e. The Morgan fingerprint density at radius 3 is 2.55 bits per heavy atom. The number of hydrogen-bond donors (Lipinski definition) is 0. The summed E-state index contributed by atoms with van der Waals surface area (Å²) in [5.41, 5.74) is 4.50. The third kappa shape index (κ3) is 5.58. The highest BCUT2D eigenvalue weighted by Gasteiger charge is 2.31. The van der Waals surface area contributed by atoms with Gasteiger partial charge in [0.1, 0.15) is 0 Å². The average molecular weight is 466 g/mol. The van der Waals surface area contributed by atoms with Crippen LogP contribution in [0.15, 0.2) is 55.1 Å². The summed E-state index contributed by atoms with van der Waals surface area (Å²) < 4.78 is 0. The summed E-state index contributed by atoms with van der Waals surface area (Å²) in [5, 5.41) is 0.806. The lowest BCUT2D eigenvalue weighted by Crippen LogP contribution is -2.51. The SMILES string of the molecule is C=CCC(C)N1CCN(CCN2CCc3cc(C(C)=O)ccc3C2c2ccccc2Cl)CC1. The van der Waals surface area contributed by atoms with Gasteiger partial charge in [0.15, 0.2) is 5.78 Å². The molecule has 33 heavy (non-hydrogen) atoms. The number of carbonyl (C=O) groups is 1. The van der Waals surface area contributed by atoms with Crippen LogP contribution in [0.4, 0.5) is 0 Å². The van der Waals surface area contributed by atoms with Crippen molar-refractivity contribution in [2.75, 3.05) is 45.8 Å². The molecule has 2 aromatic carbocycles. The molecule has 2 aromatic rings. The third-order valence-electron chi connectivity index (χ3n) is 7.32. The van der Waals surface area contributed by atoms with Crippen LogP contribution in [0, 0.1) is 0 Å². The fourth-order valence-electron chi connectivity index (χ4n) is 5.29. The van der Waals surface area contributed by atoms with Crippen molar-refractivity contribution in [3.63, 3.8) is 0 Å². The van der Waals surface area contributed by atoms with Crippen molar-refractivity contribution in [3.8, 4) is 0 Å². The Hall–Kier alpha value is -1.98. The molecule has 0 amide bonds. The third-order valence-corrected chi connectivity index (χ3v) is 7.66. The topological polar surface area (TPSA) is 26.8 Å². The summed E-state index contributed by atoms with van der Waals surface area (Å²) in [6.45, 7) is 15.3. The van der Waals surface area contributed by atoms with Crippen LogP contribution in [0.3, 0.4) is 0 Å². The Bertz CT molecular complexity index is 983. The minimum absolute atomic E-state index is 0.121. The van der Waals surface area contributed by atoms with Crippen LogP contribution in [-0.2, 0) is 6.42 Å². The van der Waals surface area contributed by atoms with Crippen LogP contribution in [0.1, 0.15) is 53.4 Å². The molecule has 2 heterocycles. The number of fused-ring (bicyclic) bond motifs is 1. The Morgan fingerprint density at radius 1 is 1.09 bits per heavy atom.